The summed E-state index contributed by atoms with van der Waals surface area (Å²) < 4.78 is 0. The number of halogens is 2. The Morgan fingerprint density at radius 3 is 2.87 bits per heavy atom. The Morgan fingerprint density at radius 2 is 2.33 bits per heavy atom. The van der Waals surface area contributed by atoms with Crippen LogP contribution in [0, 0.1) is 6.92 Å². The number of hydrogen-bond acceptors (Lipinski definition) is 2. The van der Waals surface area contributed by atoms with Crippen LogP contribution in [0.25, 0.3) is 0 Å². The predicted molar refractivity (Wildman–Crippen MR) is 60.6 cm³/mol. The van der Waals surface area contributed by atoms with Gasteiger partial charge in [-0.25, -0.2) is 4.98 Å². The molecule has 1 aliphatic rings. The van der Waals surface area contributed by atoms with E-state index < -0.39 is 0 Å². The van der Waals surface area contributed by atoms with Crippen LogP contribution in [0.15, 0.2) is 12.3 Å². The Balaban J connectivity index is 2.34. The van der Waals surface area contributed by atoms with Crippen molar-refractivity contribution in [2.45, 2.75) is 18.7 Å². The SMILES string of the molecule is Cc1cc(Cl)ncc1N1CC(Cl)CC1=O. The van der Waals surface area contributed by atoms with Crippen molar-refractivity contribution in [3.05, 3.63) is 23.0 Å². The van der Waals surface area contributed by atoms with Gasteiger partial charge in [-0.15, -0.1) is 11.6 Å². The molecule has 1 fully saturated rings. The minimum absolute atomic E-state index is 0.0437. The first kappa shape index (κ1) is 10.7. The minimum Gasteiger partial charge on any atom is -0.309 e. The molecule has 0 aliphatic carbocycles. The standard InChI is InChI=1S/C10H10Cl2N2O/c1-6-2-9(12)13-4-8(6)14-5-7(11)3-10(14)15/h2,4,7H,3,5H2,1H3. The van der Waals surface area contributed by atoms with E-state index in [0.29, 0.717) is 18.1 Å². The zero-order chi connectivity index (χ0) is 11.0. The maximum atomic E-state index is 11.6. The first-order chi connectivity index (χ1) is 7.08. The van der Waals surface area contributed by atoms with E-state index in [4.69, 9.17) is 23.2 Å². The monoisotopic (exact) mass is 244 g/mol. The van der Waals surface area contributed by atoms with Crippen molar-refractivity contribution in [3.63, 3.8) is 0 Å². The van der Waals surface area contributed by atoms with Gasteiger partial charge in [-0.3, -0.25) is 4.79 Å². The minimum atomic E-state index is -0.104. The highest BCUT2D eigenvalue weighted by Gasteiger charge is 2.30. The Morgan fingerprint density at radius 1 is 1.60 bits per heavy atom. The molecular formula is C10H10Cl2N2O. The molecule has 1 atom stereocenters. The number of amides is 1. The summed E-state index contributed by atoms with van der Waals surface area (Å²) in [6.07, 6.45) is 2.01. The molecule has 15 heavy (non-hydrogen) atoms. The molecule has 1 aromatic heterocycles. The zero-order valence-electron chi connectivity index (χ0n) is 8.20. The van der Waals surface area contributed by atoms with Crippen LogP contribution in [0.5, 0.6) is 0 Å². The third-order valence-corrected chi connectivity index (χ3v) is 2.92. The van der Waals surface area contributed by atoms with Crippen molar-refractivity contribution in [2.24, 2.45) is 0 Å². The first-order valence-corrected chi connectivity index (χ1v) is 5.46. The second-order valence-electron chi connectivity index (χ2n) is 3.60. The van der Waals surface area contributed by atoms with Crippen molar-refractivity contribution >= 4 is 34.8 Å². The molecule has 0 spiro atoms. The molecule has 0 bridgehead atoms. The quantitative estimate of drug-likeness (QED) is 0.562. The fourth-order valence-electron chi connectivity index (χ4n) is 1.69. The summed E-state index contributed by atoms with van der Waals surface area (Å²) in [5.74, 6) is 0.0437. The third kappa shape index (κ3) is 2.08. The molecule has 0 radical (unpaired) electrons. The van der Waals surface area contributed by atoms with Crippen LogP contribution in [0.3, 0.4) is 0 Å². The van der Waals surface area contributed by atoms with E-state index in [9.17, 15) is 4.79 Å². The van der Waals surface area contributed by atoms with E-state index in [1.165, 1.54) is 0 Å². The average molecular weight is 245 g/mol. The summed E-state index contributed by atoms with van der Waals surface area (Å²) in [5, 5.41) is 0.331. The van der Waals surface area contributed by atoms with Gasteiger partial charge in [0, 0.05) is 13.0 Å². The van der Waals surface area contributed by atoms with Crippen molar-refractivity contribution in [3.8, 4) is 0 Å². The third-order valence-electron chi connectivity index (χ3n) is 2.42. The second-order valence-corrected chi connectivity index (χ2v) is 4.60. The second kappa shape index (κ2) is 3.99. The maximum Gasteiger partial charge on any atom is 0.228 e. The molecule has 3 nitrogen and oxygen atoms in total. The number of carbonyl (C=O) groups excluding carboxylic acids is 1. The van der Waals surface area contributed by atoms with Crippen LogP contribution >= 0.6 is 23.2 Å². The van der Waals surface area contributed by atoms with Gasteiger partial charge in [-0.1, -0.05) is 11.6 Å². The largest absolute Gasteiger partial charge is 0.309 e. The lowest BCUT2D eigenvalue weighted by Gasteiger charge is -2.17. The van der Waals surface area contributed by atoms with E-state index in [1.807, 2.05) is 6.92 Å². The van der Waals surface area contributed by atoms with Crippen LogP contribution in [-0.4, -0.2) is 22.8 Å². The van der Waals surface area contributed by atoms with Crippen LogP contribution in [0.4, 0.5) is 5.69 Å². The number of hydrogen-bond donors (Lipinski definition) is 0. The van der Waals surface area contributed by atoms with Gasteiger partial charge in [0.05, 0.1) is 17.3 Å². The van der Waals surface area contributed by atoms with E-state index in [-0.39, 0.29) is 11.3 Å². The summed E-state index contributed by atoms with van der Waals surface area (Å²) in [6.45, 7) is 2.45. The fraction of sp³-hybridized carbons (Fsp3) is 0.400. The van der Waals surface area contributed by atoms with Crippen molar-refractivity contribution < 1.29 is 4.79 Å². The van der Waals surface area contributed by atoms with Gasteiger partial charge in [0.25, 0.3) is 0 Å². The number of carbonyl (C=O) groups is 1. The Kier molecular flexibility index (Phi) is 2.85. The molecule has 5 heteroatoms. The molecule has 1 unspecified atom stereocenters. The highest BCUT2D eigenvalue weighted by Crippen LogP contribution is 2.27. The predicted octanol–water partition coefficient (Wildman–Crippen LogP) is 2.39. The molecule has 2 heterocycles. The van der Waals surface area contributed by atoms with E-state index in [2.05, 4.69) is 4.98 Å². The number of anilines is 1. The van der Waals surface area contributed by atoms with Gasteiger partial charge in [0.2, 0.25) is 5.91 Å². The van der Waals surface area contributed by atoms with E-state index >= 15 is 0 Å². The summed E-state index contributed by atoms with van der Waals surface area (Å²) >= 11 is 11.7. The van der Waals surface area contributed by atoms with Gasteiger partial charge in [-0.2, -0.15) is 0 Å². The molecule has 0 aromatic carbocycles. The number of aryl methyl sites for hydroxylation is 1. The van der Waals surface area contributed by atoms with Crippen molar-refractivity contribution in [2.75, 3.05) is 11.4 Å². The lowest BCUT2D eigenvalue weighted by molar-refractivity contribution is -0.117. The lowest BCUT2D eigenvalue weighted by atomic mass is 10.2. The maximum absolute atomic E-state index is 11.6. The number of aromatic nitrogens is 1. The molecule has 0 N–H and O–H groups in total. The number of pyridine rings is 1. The van der Waals surface area contributed by atoms with Gasteiger partial charge < -0.3 is 4.90 Å². The van der Waals surface area contributed by atoms with Gasteiger partial charge in [0.15, 0.2) is 0 Å². The molecule has 1 amide bonds. The highest BCUT2D eigenvalue weighted by atomic mass is 35.5. The van der Waals surface area contributed by atoms with Crippen LogP contribution in [-0.2, 0) is 4.79 Å². The first-order valence-electron chi connectivity index (χ1n) is 4.64. The summed E-state index contributed by atoms with van der Waals surface area (Å²) in [6, 6.07) is 1.74. The van der Waals surface area contributed by atoms with Gasteiger partial charge in [-0.05, 0) is 18.6 Å². The summed E-state index contributed by atoms with van der Waals surface area (Å²) in [4.78, 5) is 17.2. The molecule has 80 valence electrons. The molecule has 1 saturated heterocycles. The van der Waals surface area contributed by atoms with Crippen LogP contribution < -0.4 is 4.90 Å². The average Bonchev–Trinajstić information content (AvgIpc) is 2.45. The fourth-order valence-corrected chi connectivity index (χ4v) is 2.18. The van der Waals surface area contributed by atoms with Gasteiger partial charge in [0.1, 0.15) is 5.15 Å². The smallest absolute Gasteiger partial charge is 0.228 e. The van der Waals surface area contributed by atoms with Crippen LogP contribution in [0.2, 0.25) is 5.15 Å². The van der Waals surface area contributed by atoms with Crippen molar-refractivity contribution in [1.29, 1.82) is 0 Å². The zero-order valence-corrected chi connectivity index (χ0v) is 9.72. The van der Waals surface area contributed by atoms with Gasteiger partial charge >= 0.3 is 0 Å². The van der Waals surface area contributed by atoms with Crippen LogP contribution in [0.1, 0.15) is 12.0 Å². The Labute approximate surface area is 98.0 Å². The number of nitrogens with zero attached hydrogens (tertiary/aromatic N) is 2. The molecule has 1 aromatic rings. The highest BCUT2D eigenvalue weighted by molar-refractivity contribution is 6.29. The molecule has 0 saturated carbocycles. The lowest BCUT2D eigenvalue weighted by Crippen LogP contribution is -2.25. The number of rotatable bonds is 1. The summed E-state index contributed by atoms with van der Waals surface area (Å²) in [5.41, 5.74) is 1.74. The molecule has 2 rings (SSSR count). The van der Waals surface area contributed by atoms with Crippen molar-refractivity contribution in [1.82, 2.24) is 4.98 Å². The van der Waals surface area contributed by atoms with E-state index in [0.717, 1.165) is 11.3 Å². The Bertz CT molecular complexity index is 408. The molecule has 1 aliphatic heterocycles. The topological polar surface area (TPSA) is 33.2 Å². The normalized spacial score (nSPS) is 21.1. The summed E-state index contributed by atoms with van der Waals surface area (Å²) in [7, 11) is 0. The molecular weight excluding hydrogens is 235 g/mol. The number of alkyl halides is 1. The Hall–Kier alpha value is -0.800. The van der Waals surface area contributed by atoms with E-state index in [1.54, 1.807) is 17.2 Å².